The lowest BCUT2D eigenvalue weighted by Gasteiger charge is -2.30. The Hall–Kier alpha value is -3.52. The molecule has 1 fully saturated rings. The van der Waals surface area contributed by atoms with Gasteiger partial charge in [0.25, 0.3) is 0 Å². The predicted octanol–water partition coefficient (Wildman–Crippen LogP) is 3.99. The first-order valence-corrected chi connectivity index (χ1v) is 11.1. The Morgan fingerprint density at radius 3 is 2.61 bits per heavy atom. The first kappa shape index (κ1) is 22.7. The largest absolute Gasteiger partial charge is 0.465 e. The third-order valence-electron chi connectivity index (χ3n) is 6.09. The van der Waals surface area contributed by atoms with Crippen molar-refractivity contribution in [1.82, 2.24) is 15.0 Å². The fourth-order valence-electron chi connectivity index (χ4n) is 4.03. The fourth-order valence-corrected chi connectivity index (χ4v) is 4.03. The van der Waals surface area contributed by atoms with Crippen molar-refractivity contribution < 1.29 is 18.8 Å². The standard InChI is InChI=1S/C25H28N4O4/c1-16-6-4-5-7-20(16)23-27-22(33-28-23)15-29-12-10-18(11-13-29)24(30)26-21-14-19(25(31)32-3)9-8-17(21)2/h4-9,14,18H,10-13,15H2,1-3H3,(H,26,30). The molecule has 1 saturated heterocycles. The molecule has 8 nitrogen and oxygen atoms in total. The summed E-state index contributed by atoms with van der Waals surface area (Å²) < 4.78 is 10.2. The second-order valence-corrected chi connectivity index (χ2v) is 8.39. The van der Waals surface area contributed by atoms with Gasteiger partial charge in [-0.2, -0.15) is 4.98 Å². The van der Waals surface area contributed by atoms with Crippen LogP contribution in [0.1, 0.15) is 40.2 Å². The van der Waals surface area contributed by atoms with Gasteiger partial charge in [0.1, 0.15) is 0 Å². The second-order valence-electron chi connectivity index (χ2n) is 8.39. The second kappa shape index (κ2) is 9.95. The number of aromatic nitrogens is 2. The van der Waals surface area contributed by atoms with Gasteiger partial charge < -0.3 is 14.6 Å². The molecule has 172 valence electrons. The highest BCUT2D eigenvalue weighted by molar-refractivity contribution is 5.96. The highest BCUT2D eigenvalue weighted by Gasteiger charge is 2.26. The van der Waals surface area contributed by atoms with Crippen molar-refractivity contribution in [2.75, 3.05) is 25.5 Å². The number of hydrogen-bond acceptors (Lipinski definition) is 7. The highest BCUT2D eigenvalue weighted by atomic mass is 16.5. The van der Waals surface area contributed by atoms with Gasteiger partial charge in [-0.1, -0.05) is 35.5 Å². The van der Waals surface area contributed by atoms with Crippen LogP contribution in [0.25, 0.3) is 11.4 Å². The number of nitrogens with one attached hydrogen (secondary N) is 1. The third kappa shape index (κ3) is 5.28. The Bertz CT molecular complexity index is 1150. The molecule has 0 atom stereocenters. The van der Waals surface area contributed by atoms with Gasteiger partial charge in [0.2, 0.25) is 17.6 Å². The maximum Gasteiger partial charge on any atom is 0.337 e. The van der Waals surface area contributed by atoms with Crippen molar-refractivity contribution in [2.24, 2.45) is 5.92 Å². The number of aryl methyl sites for hydroxylation is 2. The molecule has 0 spiro atoms. The maximum absolute atomic E-state index is 12.8. The van der Waals surface area contributed by atoms with E-state index >= 15 is 0 Å². The highest BCUT2D eigenvalue weighted by Crippen LogP contribution is 2.24. The van der Waals surface area contributed by atoms with E-state index in [1.807, 2.05) is 38.1 Å². The number of anilines is 1. The molecule has 2 aromatic carbocycles. The first-order chi connectivity index (χ1) is 15.9. The summed E-state index contributed by atoms with van der Waals surface area (Å²) in [5.74, 6) is 0.630. The molecule has 1 aliphatic rings. The quantitative estimate of drug-likeness (QED) is 0.570. The Morgan fingerprint density at radius 2 is 1.88 bits per heavy atom. The van der Waals surface area contributed by atoms with Gasteiger partial charge in [0.05, 0.1) is 19.2 Å². The minimum atomic E-state index is -0.426. The van der Waals surface area contributed by atoms with Gasteiger partial charge in [0, 0.05) is 17.2 Å². The van der Waals surface area contributed by atoms with E-state index in [-0.39, 0.29) is 11.8 Å². The molecule has 0 saturated carbocycles. The summed E-state index contributed by atoms with van der Waals surface area (Å²) in [6.45, 7) is 6.01. The number of amides is 1. The van der Waals surface area contributed by atoms with Crippen LogP contribution in [0.3, 0.4) is 0 Å². The number of carbonyl (C=O) groups is 2. The summed E-state index contributed by atoms with van der Waals surface area (Å²) in [4.78, 5) is 31.4. The topological polar surface area (TPSA) is 97.6 Å². The Labute approximate surface area is 192 Å². The number of benzene rings is 2. The Morgan fingerprint density at radius 1 is 1.12 bits per heavy atom. The van der Waals surface area contributed by atoms with Gasteiger partial charge in [-0.3, -0.25) is 9.69 Å². The number of rotatable bonds is 6. The average molecular weight is 449 g/mol. The molecule has 8 heteroatoms. The first-order valence-electron chi connectivity index (χ1n) is 11.1. The molecular weight excluding hydrogens is 420 g/mol. The summed E-state index contributed by atoms with van der Waals surface area (Å²) in [5.41, 5.74) is 4.02. The minimum absolute atomic E-state index is 0.0283. The van der Waals surface area contributed by atoms with E-state index in [1.165, 1.54) is 7.11 Å². The number of piperidine rings is 1. The molecule has 33 heavy (non-hydrogen) atoms. The Kier molecular flexibility index (Phi) is 6.84. The molecule has 0 radical (unpaired) electrons. The molecule has 4 rings (SSSR count). The van der Waals surface area contributed by atoms with Crippen molar-refractivity contribution in [3.8, 4) is 11.4 Å². The van der Waals surface area contributed by atoms with E-state index in [2.05, 4.69) is 20.4 Å². The maximum atomic E-state index is 12.8. The molecular formula is C25H28N4O4. The minimum Gasteiger partial charge on any atom is -0.465 e. The predicted molar refractivity (Wildman–Crippen MR) is 124 cm³/mol. The molecule has 0 aliphatic carbocycles. The number of hydrogen-bond donors (Lipinski definition) is 1. The number of methoxy groups -OCH3 is 1. The normalized spacial score (nSPS) is 14.8. The molecule has 1 aromatic heterocycles. The number of likely N-dealkylation sites (tertiary alicyclic amines) is 1. The average Bonchev–Trinajstić information content (AvgIpc) is 3.28. The van der Waals surface area contributed by atoms with E-state index < -0.39 is 5.97 Å². The summed E-state index contributed by atoms with van der Waals surface area (Å²) in [7, 11) is 1.34. The van der Waals surface area contributed by atoms with Crippen LogP contribution >= 0.6 is 0 Å². The van der Waals surface area contributed by atoms with Crippen LogP contribution in [0.15, 0.2) is 47.0 Å². The molecule has 3 aromatic rings. The molecule has 1 N–H and O–H groups in total. The lowest BCUT2D eigenvalue weighted by atomic mass is 9.95. The van der Waals surface area contributed by atoms with Gasteiger partial charge >= 0.3 is 5.97 Å². The van der Waals surface area contributed by atoms with E-state index in [0.717, 1.165) is 42.6 Å². The summed E-state index contributed by atoms with van der Waals surface area (Å²) >= 11 is 0. The van der Waals surface area contributed by atoms with Gasteiger partial charge in [0.15, 0.2) is 0 Å². The van der Waals surface area contributed by atoms with Gasteiger partial charge in [-0.05, 0) is 63.0 Å². The van der Waals surface area contributed by atoms with Gasteiger partial charge in [-0.15, -0.1) is 0 Å². The third-order valence-corrected chi connectivity index (χ3v) is 6.09. The van der Waals surface area contributed by atoms with Gasteiger partial charge in [-0.25, -0.2) is 4.79 Å². The van der Waals surface area contributed by atoms with Crippen LogP contribution in [-0.4, -0.2) is 47.1 Å². The zero-order valence-electron chi connectivity index (χ0n) is 19.1. The molecule has 1 aliphatic heterocycles. The van der Waals surface area contributed by atoms with Crippen molar-refractivity contribution in [1.29, 1.82) is 0 Å². The monoisotopic (exact) mass is 448 g/mol. The summed E-state index contributed by atoms with van der Waals surface area (Å²) in [6, 6.07) is 13.1. The Balaban J connectivity index is 1.32. The molecule has 2 heterocycles. The van der Waals surface area contributed by atoms with E-state index in [9.17, 15) is 9.59 Å². The number of nitrogens with zero attached hydrogens (tertiary/aromatic N) is 3. The van der Waals surface area contributed by atoms with Crippen LogP contribution in [0.5, 0.6) is 0 Å². The van der Waals surface area contributed by atoms with Crippen molar-refractivity contribution >= 4 is 17.6 Å². The van der Waals surface area contributed by atoms with E-state index in [1.54, 1.807) is 18.2 Å². The van der Waals surface area contributed by atoms with Crippen LogP contribution in [0.2, 0.25) is 0 Å². The fraction of sp³-hybridized carbons (Fsp3) is 0.360. The zero-order chi connectivity index (χ0) is 23.4. The van der Waals surface area contributed by atoms with Crippen LogP contribution in [-0.2, 0) is 16.1 Å². The molecule has 1 amide bonds. The van der Waals surface area contributed by atoms with E-state index in [4.69, 9.17) is 9.26 Å². The summed E-state index contributed by atoms with van der Waals surface area (Å²) in [5, 5.41) is 7.11. The lowest BCUT2D eigenvalue weighted by molar-refractivity contribution is -0.121. The van der Waals surface area contributed by atoms with Crippen molar-refractivity contribution in [3.63, 3.8) is 0 Å². The lowest BCUT2D eigenvalue weighted by Crippen LogP contribution is -2.37. The van der Waals surface area contributed by atoms with Crippen molar-refractivity contribution in [3.05, 3.63) is 65.0 Å². The molecule has 0 bridgehead atoms. The smallest absolute Gasteiger partial charge is 0.337 e. The van der Waals surface area contributed by atoms with Crippen molar-refractivity contribution in [2.45, 2.75) is 33.2 Å². The number of ether oxygens (including phenoxy) is 1. The van der Waals surface area contributed by atoms with Crippen LogP contribution in [0.4, 0.5) is 5.69 Å². The van der Waals surface area contributed by atoms with E-state index in [0.29, 0.717) is 29.5 Å². The SMILES string of the molecule is COC(=O)c1ccc(C)c(NC(=O)C2CCN(Cc3nc(-c4ccccc4C)no3)CC2)c1. The molecule has 0 unspecified atom stereocenters. The summed E-state index contributed by atoms with van der Waals surface area (Å²) in [6.07, 6.45) is 1.47. The number of esters is 1. The number of carbonyl (C=O) groups excluding carboxylic acids is 2. The van der Waals surface area contributed by atoms with Crippen LogP contribution in [0, 0.1) is 19.8 Å². The zero-order valence-corrected chi connectivity index (χ0v) is 19.1. The van der Waals surface area contributed by atoms with Crippen LogP contribution < -0.4 is 5.32 Å².